The maximum Gasteiger partial charge on any atom is 0.131 e. The monoisotopic (exact) mass is 248 g/mol. The lowest BCUT2D eigenvalue weighted by atomic mass is 10.0. The van der Waals surface area contributed by atoms with Gasteiger partial charge in [-0.15, -0.1) is 23.2 Å². The van der Waals surface area contributed by atoms with Gasteiger partial charge in [-0.05, 0) is 17.7 Å². The third-order valence-corrected chi connectivity index (χ3v) is 4.73. The Morgan fingerprint density at radius 2 is 1.50 bits per heavy atom. The van der Waals surface area contributed by atoms with Crippen LogP contribution in [0.5, 0.6) is 0 Å². The molecular formula is C11H11Cl3. The molecule has 1 aliphatic carbocycles. The van der Waals surface area contributed by atoms with Crippen LogP contribution in [-0.4, -0.2) is 4.33 Å². The van der Waals surface area contributed by atoms with Crippen LogP contribution < -0.4 is 0 Å². The highest BCUT2D eigenvalue weighted by Gasteiger charge is 2.70. The molecule has 0 aliphatic heterocycles. The molecular weight excluding hydrogens is 238 g/mol. The molecule has 1 aromatic carbocycles. The Bertz CT molecular complexity index is 337. The van der Waals surface area contributed by atoms with Crippen molar-refractivity contribution in [2.75, 3.05) is 0 Å². The molecule has 0 heterocycles. The van der Waals surface area contributed by atoms with E-state index in [1.807, 2.05) is 24.3 Å². The first kappa shape index (κ1) is 10.6. The van der Waals surface area contributed by atoms with Crippen LogP contribution >= 0.6 is 34.8 Å². The summed E-state index contributed by atoms with van der Waals surface area (Å²) in [5, 5.41) is 0.738. The summed E-state index contributed by atoms with van der Waals surface area (Å²) in [6.07, 6.45) is 0. The van der Waals surface area contributed by atoms with Gasteiger partial charge in [0.2, 0.25) is 0 Å². The van der Waals surface area contributed by atoms with Gasteiger partial charge in [0.25, 0.3) is 0 Å². The lowest BCUT2D eigenvalue weighted by Crippen LogP contribution is -1.96. The zero-order valence-corrected chi connectivity index (χ0v) is 10.3. The van der Waals surface area contributed by atoms with Gasteiger partial charge in [0, 0.05) is 16.4 Å². The average molecular weight is 250 g/mol. The Hall–Kier alpha value is 0.0900. The molecule has 76 valence electrons. The first-order valence-electron chi connectivity index (χ1n) is 4.50. The van der Waals surface area contributed by atoms with E-state index in [0.717, 1.165) is 10.6 Å². The molecule has 0 nitrogen and oxygen atoms in total. The van der Waals surface area contributed by atoms with E-state index in [4.69, 9.17) is 34.8 Å². The minimum Gasteiger partial charge on any atom is -0.100 e. The summed E-state index contributed by atoms with van der Waals surface area (Å²) < 4.78 is -0.638. The van der Waals surface area contributed by atoms with Crippen molar-refractivity contribution in [2.24, 2.45) is 5.41 Å². The van der Waals surface area contributed by atoms with Crippen molar-refractivity contribution in [3.63, 3.8) is 0 Å². The highest BCUT2D eigenvalue weighted by atomic mass is 35.5. The predicted molar refractivity (Wildman–Crippen MR) is 62.4 cm³/mol. The fourth-order valence-electron chi connectivity index (χ4n) is 1.94. The fraction of sp³-hybridized carbons (Fsp3) is 0.455. The number of alkyl halides is 2. The van der Waals surface area contributed by atoms with Gasteiger partial charge in [-0.3, -0.25) is 0 Å². The summed E-state index contributed by atoms with van der Waals surface area (Å²) in [7, 11) is 0. The molecule has 0 radical (unpaired) electrons. The van der Waals surface area contributed by atoms with E-state index < -0.39 is 4.33 Å². The number of halogens is 3. The zero-order valence-electron chi connectivity index (χ0n) is 8.02. The Morgan fingerprint density at radius 3 is 1.86 bits per heavy atom. The highest BCUT2D eigenvalue weighted by molar-refractivity contribution is 6.52. The van der Waals surface area contributed by atoms with E-state index in [9.17, 15) is 0 Å². The molecule has 1 aliphatic rings. The second-order valence-corrected chi connectivity index (χ2v) is 6.15. The van der Waals surface area contributed by atoms with Crippen LogP contribution in [-0.2, 0) is 0 Å². The quantitative estimate of drug-likeness (QED) is 0.636. The van der Waals surface area contributed by atoms with Crippen molar-refractivity contribution in [1.29, 1.82) is 0 Å². The fourth-order valence-corrected chi connectivity index (χ4v) is 2.97. The Balaban J connectivity index is 2.32. The first-order valence-corrected chi connectivity index (χ1v) is 5.64. The molecule has 0 aromatic heterocycles. The second kappa shape index (κ2) is 3.04. The highest BCUT2D eigenvalue weighted by Crippen LogP contribution is 2.73. The number of benzene rings is 1. The summed E-state index contributed by atoms with van der Waals surface area (Å²) in [5.41, 5.74) is 1.11. The molecule has 0 bridgehead atoms. The van der Waals surface area contributed by atoms with E-state index in [2.05, 4.69) is 13.8 Å². The van der Waals surface area contributed by atoms with Gasteiger partial charge in [0.05, 0.1) is 0 Å². The summed E-state index contributed by atoms with van der Waals surface area (Å²) >= 11 is 18.2. The van der Waals surface area contributed by atoms with Gasteiger partial charge in [-0.25, -0.2) is 0 Å². The number of hydrogen-bond acceptors (Lipinski definition) is 0. The molecule has 2 rings (SSSR count). The minimum absolute atomic E-state index is 0.0516. The molecule has 0 amide bonds. The van der Waals surface area contributed by atoms with E-state index in [1.165, 1.54) is 0 Å². The van der Waals surface area contributed by atoms with Gasteiger partial charge in [0.15, 0.2) is 0 Å². The lowest BCUT2D eigenvalue weighted by Gasteiger charge is -2.01. The van der Waals surface area contributed by atoms with Crippen molar-refractivity contribution < 1.29 is 0 Å². The molecule has 14 heavy (non-hydrogen) atoms. The summed E-state index contributed by atoms with van der Waals surface area (Å²) in [4.78, 5) is 0. The van der Waals surface area contributed by atoms with Crippen LogP contribution in [0.25, 0.3) is 0 Å². The Labute approximate surface area is 99.2 Å². The maximum absolute atomic E-state index is 6.21. The third kappa shape index (κ3) is 1.36. The van der Waals surface area contributed by atoms with Gasteiger partial charge in [0.1, 0.15) is 4.33 Å². The van der Waals surface area contributed by atoms with Crippen LogP contribution in [0, 0.1) is 5.41 Å². The SMILES string of the molecule is CC1(C)[C@H](c2ccc(Cl)cc2)C1(Cl)Cl. The normalized spacial score (nSPS) is 27.4. The Morgan fingerprint density at radius 1 is 1.07 bits per heavy atom. The van der Waals surface area contributed by atoms with Crippen LogP contribution in [0.4, 0.5) is 0 Å². The zero-order chi connectivity index (χ0) is 10.6. The third-order valence-electron chi connectivity index (χ3n) is 3.06. The average Bonchev–Trinajstić information content (AvgIpc) is 2.46. The first-order chi connectivity index (χ1) is 6.37. The van der Waals surface area contributed by atoms with Gasteiger partial charge >= 0.3 is 0 Å². The molecule has 1 saturated carbocycles. The minimum atomic E-state index is -0.638. The van der Waals surface area contributed by atoms with Crippen molar-refractivity contribution in [3.05, 3.63) is 34.9 Å². The van der Waals surface area contributed by atoms with E-state index in [-0.39, 0.29) is 11.3 Å². The van der Waals surface area contributed by atoms with Crippen LogP contribution in [0.1, 0.15) is 25.3 Å². The smallest absolute Gasteiger partial charge is 0.100 e. The standard InChI is InChI=1S/C11H11Cl3/c1-10(2)9(11(10,13)14)7-3-5-8(12)6-4-7/h3-6,9H,1-2H3/t9-/m0/s1. The van der Waals surface area contributed by atoms with Crippen molar-refractivity contribution in [1.82, 2.24) is 0 Å². The van der Waals surface area contributed by atoms with Crippen molar-refractivity contribution in [3.8, 4) is 0 Å². The molecule has 0 N–H and O–H groups in total. The van der Waals surface area contributed by atoms with E-state index in [1.54, 1.807) is 0 Å². The summed E-state index contributed by atoms with van der Waals surface area (Å²) in [6, 6.07) is 7.72. The van der Waals surface area contributed by atoms with Gasteiger partial charge in [-0.2, -0.15) is 0 Å². The Kier molecular flexibility index (Phi) is 2.30. The molecule has 0 spiro atoms. The largest absolute Gasteiger partial charge is 0.131 e. The predicted octanol–water partition coefficient (Wildman–Crippen LogP) is 4.64. The van der Waals surface area contributed by atoms with Gasteiger partial charge in [-0.1, -0.05) is 37.6 Å². The molecule has 3 heteroatoms. The van der Waals surface area contributed by atoms with Gasteiger partial charge < -0.3 is 0 Å². The van der Waals surface area contributed by atoms with Crippen molar-refractivity contribution in [2.45, 2.75) is 24.1 Å². The molecule has 1 fully saturated rings. The topological polar surface area (TPSA) is 0 Å². The number of rotatable bonds is 1. The molecule has 1 aromatic rings. The summed E-state index contributed by atoms with van der Waals surface area (Å²) in [5.74, 6) is 0.204. The maximum atomic E-state index is 6.21. The van der Waals surface area contributed by atoms with E-state index in [0.29, 0.717) is 0 Å². The van der Waals surface area contributed by atoms with Crippen molar-refractivity contribution >= 4 is 34.8 Å². The lowest BCUT2D eigenvalue weighted by molar-refractivity contribution is 0.614. The molecule has 0 saturated heterocycles. The molecule has 0 unspecified atom stereocenters. The van der Waals surface area contributed by atoms with Crippen LogP contribution in [0.15, 0.2) is 24.3 Å². The van der Waals surface area contributed by atoms with Crippen LogP contribution in [0.2, 0.25) is 5.02 Å². The van der Waals surface area contributed by atoms with E-state index >= 15 is 0 Å². The second-order valence-electron chi connectivity index (χ2n) is 4.33. The summed E-state index contributed by atoms with van der Waals surface area (Å²) in [6.45, 7) is 4.15. The number of hydrogen-bond donors (Lipinski definition) is 0. The molecule has 1 atom stereocenters. The van der Waals surface area contributed by atoms with Crippen LogP contribution in [0.3, 0.4) is 0 Å².